The molecule has 0 saturated carbocycles. The molecule has 0 bridgehead atoms. The highest BCUT2D eigenvalue weighted by molar-refractivity contribution is 9.10. The number of halogens is 1. The molecule has 1 aliphatic heterocycles. The number of nitrogens with zero attached hydrogens (tertiary/aromatic N) is 2. The molecule has 0 atom stereocenters. The standard InChI is InChI=1S/C14H19BrN4O2/c1-10(20)19-6-4-18(5-7-19)9-14(21)17-13-3-2-11(16)8-12(13)15/h2-3,8H,4-7,9,16H2,1H3,(H,17,21). The van der Waals surface area contributed by atoms with E-state index in [9.17, 15) is 9.59 Å². The number of nitrogens with two attached hydrogens (primary N) is 1. The van der Waals surface area contributed by atoms with Gasteiger partial charge in [-0.3, -0.25) is 14.5 Å². The zero-order chi connectivity index (χ0) is 15.4. The van der Waals surface area contributed by atoms with Crippen molar-refractivity contribution in [3.8, 4) is 0 Å². The summed E-state index contributed by atoms with van der Waals surface area (Å²) in [4.78, 5) is 27.1. The Kier molecular flexibility index (Phi) is 5.19. The van der Waals surface area contributed by atoms with Crippen molar-refractivity contribution in [2.45, 2.75) is 6.92 Å². The van der Waals surface area contributed by atoms with Crippen molar-refractivity contribution >= 4 is 39.1 Å². The van der Waals surface area contributed by atoms with Gasteiger partial charge in [0.2, 0.25) is 11.8 Å². The second-order valence-corrected chi connectivity index (χ2v) is 5.92. The van der Waals surface area contributed by atoms with Gasteiger partial charge in [0, 0.05) is 43.3 Å². The van der Waals surface area contributed by atoms with Gasteiger partial charge in [0.25, 0.3) is 0 Å². The second kappa shape index (κ2) is 6.91. The Morgan fingerprint density at radius 1 is 1.29 bits per heavy atom. The van der Waals surface area contributed by atoms with Crippen LogP contribution in [-0.4, -0.2) is 54.3 Å². The molecule has 0 unspecified atom stereocenters. The summed E-state index contributed by atoms with van der Waals surface area (Å²) < 4.78 is 0.761. The molecule has 1 saturated heterocycles. The summed E-state index contributed by atoms with van der Waals surface area (Å²) >= 11 is 3.37. The lowest BCUT2D eigenvalue weighted by Crippen LogP contribution is -2.49. The maximum Gasteiger partial charge on any atom is 0.238 e. The molecule has 0 radical (unpaired) electrons. The van der Waals surface area contributed by atoms with Crippen LogP contribution in [0.4, 0.5) is 11.4 Å². The number of piperazine rings is 1. The Hall–Kier alpha value is -1.60. The molecule has 1 fully saturated rings. The number of nitrogen functional groups attached to an aromatic ring is 1. The highest BCUT2D eigenvalue weighted by Gasteiger charge is 2.20. The van der Waals surface area contributed by atoms with Crippen LogP contribution in [0.25, 0.3) is 0 Å². The predicted octanol–water partition coefficient (Wildman–Crippen LogP) is 1.13. The summed E-state index contributed by atoms with van der Waals surface area (Å²) in [5, 5.41) is 2.86. The minimum Gasteiger partial charge on any atom is -0.399 e. The van der Waals surface area contributed by atoms with Crippen molar-refractivity contribution in [1.82, 2.24) is 9.80 Å². The van der Waals surface area contributed by atoms with E-state index in [1.807, 2.05) is 4.90 Å². The Balaban J connectivity index is 1.84. The monoisotopic (exact) mass is 354 g/mol. The van der Waals surface area contributed by atoms with Gasteiger partial charge in [0.05, 0.1) is 12.2 Å². The molecule has 2 rings (SSSR count). The largest absolute Gasteiger partial charge is 0.399 e. The van der Waals surface area contributed by atoms with Crippen LogP contribution in [0.2, 0.25) is 0 Å². The van der Waals surface area contributed by atoms with Crippen molar-refractivity contribution < 1.29 is 9.59 Å². The third-order valence-corrected chi connectivity index (χ3v) is 4.11. The number of amides is 2. The molecule has 6 nitrogen and oxygen atoms in total. The number of hydrogen-bond acceptors (Lipinski definition) is 4. The molecule has 2 amide bonds. The van der Waals surface area contributed by atoms with Crippen LogP contribution in [0.3, 0.4) is 0 Å². The van der Waals surface area contributed by atoms with Crippen molar-refractivity contribution in [3.63, 3.8) is 0 Å². The average molecular weight is 355 g/mol. The number of nitrogens with one attached hydrogen (secondary N) is 1. The molecule has 1 heterocycles. The quantitative estimate of drug-likeness (QED) is 0.797. The third-order valence-electron chi connectivity index (χ3n) is 3.45. The SMILES string of the molecule is CC(=O)N1CCN(CC(=O)Nc2ccc(N)cc2Br)CC1. The van der Waals surface area contributed by atoms with Crippen LogP contribution in [0, 0.1) is 0 Å². The molecule has 1 aromatic carbocycles. The van der Waals surface area contributed by atoms with Gasteiger partial charge in [-0.15, -0.1) is 0 Å². The van der Waals surface area contributed by atoms with Crippen LogP contribution in [0.5, 0.6) is 0 Å². The lowest BCUT2D eigenvalue weighted by Gasteiger charge is -2.33. The fourth-order valence-electron chi connectivity index (χ4n) is 2.25. The summed E-state index contributed by atoms with van der Waals surface area (Å²) in [6.07, 6.45) is 0. The van der Waals surface area contributed by atoms with E-state index in [2.05, 4.69) is 21.2 Å². The minimum absolute atomic E-state index is 0.0725. The Bertz CT molecular complexity index is 542. The van der Waals surface area contributed by atoms with E-state index in [1.54, 1.807) is 30.0 Å². The van der Waals surface area contributed by atoms with E-state index < -0.39 is 0 Å². The molecule has 0 aliphatic carbocycles. The number of benzene rings is 1. The van der Waals surface area contributed by atoms with Gasteiger partial charge >= 0.3 is 0 Å². The topological polar surface area (TPSA) is 78.7 Å². The first kappa shape index (κ1) is 15.8. The number of rotatable bonds is 3. The van der Waals surface area contributed by atoms with Gasteiger partial charge in [-0.2, -0.15) is 0 Å². The van der Waals surface area contributed by atoms with Crippen molar-refractivity contribution in [3.05, 3.63) is 22.7 Å². The van der Waals surface area contributed by atoms with Gasteiger partial charge in [0.1, 0.15) is 0 Å². The van der Waals surface area contributed by atoms with E-state index in [4.69, 9.17) is 5.73 Å². The number of carbonyl (C=O) groups excluding carboxylic acids is 2. The summed E-state index contributed by atoms with van der Waals surface area (Å²) in [6, 6.07) is 5.26. The van der Waals surface area contributed by atoms with Crippen molar-refractivity contribution in [1.29, 1.82) is 0 Å². The second-order valence-electron chi connectivity index (χ2n) is 5.07. The molecule has 7 heteroatoms. The van der Waals surface area contributed by atoms with Gasteiger partial charge in [-0.05, 0) is 34.1 Å². The molecule has 1 aromatic rings. The minimum atomic E-state index is -0.0725. The van der Waals surface area contributed by atoms with Gasteiger partial charge in [0.15, 0.2) is 0 Å². The van der Waals surface area contributed by atoms with Crippen LogP contribution in [0.1, 0.15) is 6.92 Å². The van der Waals surface area contributed by atoms with Crippen LogP contribution >= 0.6 is 15.9 Å². The normalized spacial score (nSPS) is 15.8. The van der Waals surface area contributed by atoms with Gasteiger partial charge in [-0.1, -0.05) is 0 Å². The van der Waals surface area contributed by atoms with Crippen LogP contribution in [-0.2, 0) is 9.59 Å². The van der Waals surface area contributed by atoms with Gasteiger partial charge < -0.3 is 16.0 Å². The fourth-order valence-corrected chi connectivity index (χ4v) is 2.74. The maximum absolute atomic E-state index is 12.0. The Morgan fingerprint density at radius 3 is 2.52 bits per heavy atom. The lowest BCUT2D eigenvalue weighted by molar-refractivity contribution is -0.130. The first-order chi connectivity index (χ1) is 9.95. The van der Waals surface area contributed by atoms with Crippen LogP contribution in [0.15, 0.2) is 22.7 Å². The predicted molar refractivity (Wildman–Crippen MR) is 85.9 cm³/mol. The summed E-state index contributed by atoms with van der Waals surface area (Å²) in [5.74, 6) is 0.0154. The molecule has 114 valence electrons. The third kappa shape index (κ3) is 4.44. The zero-order valence-electron chi connectivity index (χ0n) is 11.9. The first-order valence-electron chi connectivity index (χ1n) is 6.78. The first-order valence-corrected chi connectivity index (χ1v) is 7.58. The molecule has 1 aliphatic rings. The molecule has 21 heavy (non-hydrogen) atoms. The molecule has 0 spiro atoms. The highest BCUT2D eigenvalue weighted by atomic mass is 79.9. The molecule has 3 N–H and O–H groups in total. The molecule has 0 aromatic heterocycles. The Morgan fingerprint density at radius 2 is 1.95 bits per heavy atom. The van der Waals surface area contributed by atoms with Crippen LogP contribution < -0.4 is 11.1 Å². The molecular weight excluding hydrogens is 336 g/mol. The molecular formula is C14H19BrN4O2. The summed E-state index contributed by atoms with van der Waals surface area (Å²) in [6.45, 7) is 4.68. The maximum atomic E-state index is 12.0. The van der Waals surface area contributed by atoms with E-state index in [-0.39, 0.29) is 11.8 Å². The lowest BCUT2D eigenvalue weighted by atomic mass is 10.2. The van der Waals surface area contributed by atoms with E-state index in [1.165, 1.54) is 0 Å². The van der Waals surface area contributed by atoms with E-state index in [0.717, 1.165) is 17.6 Å². The van der Waals surface area contributed by atoms with Gasteiger partial charge in [-0.25, -0.2) is 0 Å². The number of anilines is 2. The Labute approximate surface area is 132 Å². The average Bonchev–Trinajstić information content (AvgIpc) is 2.42. The van der Waals surface area contributed by atoms with E-state index >= 15 is 0 Å². The number of hydrogen-bond donors (Lipinski definition) is 2. The smallest absolute Gasteiger partial charge is 0.238 e. The fraction of sp³-hybridized carbons (Fsp3) is 0.429. The number of carbonyl (C=O) groups is 2. The summed E-state index contributed by atoms with van der Waals surface area (Å²) in [5.41, 5.74) is 7.01. The van der Waals surface area contributed by atoms with Crippen molar-refractivity contribution in [2.75, 3.05) is 43.8 Å². The van der Waals surface area contributed by atoms with Crippen molar-refractivity contribution in [2.24, 2.45) is 0 Å². The highest BCUT2D eigenvalue weighted by Crippen LogP contribution is 2.24. The zero-order valence-corrected chi connectivity index (χ0v) is 13.5. The van der Waals surface area contributed by atoms with E-state index in [0.29, 0.717) is 31.0 Å². The summed E-state index contributed by atoms with van der Waals surface area (Å²) in [7, 11) is 0.